The molecule has 2 amide bonds. The number of rotatable bonds is 13. The van der Waals surface area contributed by atoms with Crippen LogP contribution in [0.2, 0.25) is 0 Å². The molecule has 0 aliphatic heterocycles. The number of ether oxygens (including phenoxy) is 1. The Morgan fingerprint density at radius 1 is 0.974 bits per heavy atom. The summed E-state index contributed by atoms with van der Waals surface area (Å²) in [6.07, 6.45) is 1.83. The van der Waals surface area contributed by atoms with Gasteiger partial charge in [0.15, 0.2) is 0 Å². The Morgan fingerprint density at radius 2 is 1.62 bits per heavy atom. The number of sulfonamides is 1. The molecule has 8 nitrogen and oxygen atoms in total. The van der Waals surface area contributed by atoms with Crippen LogP contribution in [-0.4, -0.2) is 57.6 Å². The van der Waals surface area contributed by atoms with Gasteiger partial charge in [0, 0.05) is 25.1 Å². The monoisotopic (exact) mass is 555 g/mol. The van der Waals surface area contributed by atoms with E-state index in [1.165, 1.54) is 36.3 Å². The van der Waals surface area contributed by atoms with Crippen LogP contribution in [0.1, 0.15) is 24.5 Å². The Labute approximate surface area is 229 Å². The zero-order valence-electron chi connectivity index (χ0n) is 22.3. The number of carbonyl (C=O) groups is 2. The second kappa shape index (κ2) is 13.7. The van der Waals surface area contributed by atoms with E-state index in [1.807, 2.05) is 37.3 Å². The molecule has 0 aromatic heterocycles. The van der Waals surface area contributed by atoms with Crippen molar-refractivity contribution in [2.24, 2.45) is 0 Å². The first-order chi connectivity index (χ1) is 18.7. The molecule has 3 rings (SSSR count). The molecule has 39 heavy (non-hydrogen) atoms. The van der Waals surface area contributed by atoms with E-state index in [0.29, 0.717) is 13.0 Å². The summed E-state index contributed by atoms with van der Waals surface area (Å²) in [5.74, 6) is -1.35. The molecule has 0 aliphatic carbocycles. The first-order valence-corrected chi connectivity index (χ1v) is 14.5. The lowest BCUT2D eigenvalue weighted by atomic mass is 10.0. The average Bonchev–Trinajstić information content (AvgIpc) is 2.93. The molecular weight excluding hydrogens is 521 g/mol. The van der Waals surface area contributed by atoms with Crippen LogP contribution >= 0.6 is 0 Å². The summed E-state index contributed by atoms with van der Waals surface area (Å²) in [6, 6.07) is 20.6. The lowest BCUT2D eigenvalue weighted by Gasteiger charge is -2.33. The molecule has 1 atom stereocenters. The summed E-state index contributed by atoms with van der Waals surface area (Å²) < 4.78 is 46.8. The van der Waals surface area contributed by atoms with Crippen LogP contribution in [0.15, 0.2) is 78.9 Å². The minimum absolute atomic E-state index is 0.157. The smallest absolute Gasteiger partial charge is 0.244 e. The van der Waals surface area contributed by atoms with Gasteiger partial charge in [0.1, 0.15) is 24.2 Å². The van der Waals surface area contributed by atoms with E-state index < -0.39 is 40.2 Å². The van der Waals surface area contributed by atoms with Gasteiger partial charge in [0.05, 0.1) is 19.1 Å². The maximum absolute atomic E-state index is 14.8. The van der Waals surface area contributed by atoms with Crippen LogP contribution in [-0.2, 0) is 32.6 Å². The van der Waals surface area contributed by atoms with Crippen molar-refractivity contribution in [3.8, 4) is 5.75 Å². The standard InChI is InChI=1S/C29H34FN3O5S/c1-4-18-31-29(35)26(19-22-12-6-5-7-13-22)32(20-23-14-8-9-15-24(23)30)28(34)21-33(39(3,36)37)25-16-10-11-17-27(25)38-2/h5-17,26H,4,18-21H2,1-3H3,(H,31,35). The Morgan fingerprint density at radius 3 is 2.26 bits per heavy atom. The van der Waals surface area contributed by atoms with E-state index in [4.69, 9.17) is 4.74 Å². The van der Waals surface area contributed by atoms with Crippen molar-refractivity contribution in [2.75, 3.05) is 30.8 Å². The van der Waals surface area contributed by atoms with Gasteiger partial charge in [-0.2, -0.15) is 0 Å². The molecule has 1 unspecified atom stereocenters. The van der Waals surface area contributed by atoms with Gasteiger partial charge in [-0.15, -0.1) is 0 Å². The minimum Gasteiger partial charge on any atom is -0.495 e. The number of nitrogens with one attached hydrogen (secondary N) is 1. The Balaban J connectivity index is 2.07. The zero-order valence-corrected chi connectivity index (χ0v) is 23.2. The quantitative estimate of drug-likeness (QED) is 0.347. The van der Waals surface area contributed by atoms with E-state index in [9.17, 15) is 22.4 Å². The van der Waals surface area contributed by atoms with Crippen LogP contribution in [0.3, 0.4) is 0 Å². The van der Waals surface area contributed by atoms with E-state index in [2.05, 4.69) is 5.32 Å². The second-order valence-corrected chi connectivity index (χ2v) is 11.0. The maximum Gasteiger partial charge on any atom is 0.244 e. The third kappa shape index (κ3) is 8.03. The first-order valence-electron chi connectivity index (χ1n) is 12.6. The highest BCUT2D eigenvalue weighted by molar-refractivity contribution is 7.92. The molecule has 0 radical (unpaired) electrons. The topological polar surface area (TPSA) is 96.0 Å². The Kier molecular flexibility index (Phi) is 10.4. The largest absolute Gasteiger partial charge is 0.495 e. The molecule has 0 aliphatic rings. The first kappa shape index (κ1) is 29.6. The van der Waals surface area contributed by atoms with E-state index in [0.717, 1.165) is 16.1 Å². The van der Waals surface area contributed by atoms with Crippen molar-refractivity contribution in [2.45, 2.75) is 32.4 Å². The molecule has 1 N–H and O–H groups in total. The summed E-state index contributed by atoms with van der Waals surface area (Å²) in [7, 11) is -2.55. The normalized spacial score (nSPS) is 11.9. The van der Waals surface area contributed by atoms with E-state index in [-0.39, 0.29) is 30.0 Å². The van der Waals surface area contributed by atoms with Crippen molar-refractivity contribution in [3.63, 3.8) is 0 Å². The highest BCUT2D eigenvalue weighted by Gasteiger charge is 2.34. The van der Waals surface area contributed by atoms with Gasteiger partial charge in [-0.25, -0.2) is 12.8 Å². The minimum atomic E-state index is -3.95. The summed E-state index contributed by atoms with van der Waals surface area (Å²) in [4.78, 5) is 28.7. The van der Waals surface area contributed by atoms with Crippen molar-refractivity contribution in [1.82, 2.24) is 10.2 Å². The van der Waals surface area contributed by atoms with Crippen LogP contribution in [0.5, 0.6) is 5.75 Å². The third-order valence-corrected chi connectivity index (χ3v) is 7.28. The molecule has 10 heteroatoms. The number of amides is 2. The predicted octanol–water partition coefficient (Wildman–Crippen LogP) is 3.77. The number of hydrogen-bond donors (Lipinski definition) is 1. The van der Waals surface area contributed by atoms with Gasteiger partial charge < -0.3 is 15.0 Å². The number of nitrogens with zero attached hydrogens (tertiary/aromatic N) is 2. The fourth-order valence-corrected chi connectivity index (χ4v) is 5.01. The van der Waals surface area contributed by atoms with Crippen molar-refractivity contribution < 1.29 is 27.1 Å². The van der Waals surface area contributed by atoms with Crippen molar-refractivity contribution in [3.05, 3.63) is 95.8 Å². The predicted molar refractivity (Wildman–Crippen MR) is 149 cm³/mol. The Hall–Kier alpha value is -3.92. The van der Waals surface area contributed by atoms with Gasteiger partial charge in [0.25, 0.3) is 0 Å². The summed E-state index contributed by atoms with van der Waals surface area (Å²) in [5, 5.41) is 2.84. The van der Waals surface area contributed by atoms with E-state index >= 15 is 0 Å². The van der Waals surface area contributed by atoms with Gasteiger partial charge in [-0.05, 0) is 30.2 Å². The summed E-state index contributed by atoms with van der Waals surface area (Å²) >= 11 is 0. The fraction of sp³-hybridized carbons (Fsp3) is 0.310. The number of benzene rings is 3. The van der Waals surface area contributed by atoms with Gasteiger partial charge in [-0.1, -0.05) is 67.6 Å². The molecule has 3 aromatic rings. The van der Waals surface area contributed by atoms with Crippen LogP contribution < -0.4 is 14.4 Å². The SMILES string of the molecule is CCCNC(=O)C(Cc1ccccc1)N(Cc1ccccc1F)C(=O)CN(c1ccccc1OC)S(C)(=O)=O. The molecule has 0 spiro atoms. The molecular formula is C29H34FN3O5S. The zero-order chi connectivity index (χ0) is 28.4. The van der Waals surface area contributed by atoms with Crippen LogP contribution in [0.25, 0.3) is 0 Å². The number of anilines is 1. The highest BCUT2D eigenvalue weighted by Crippen LogP contribution is 2.30. The van der Waals surface area contributed by atoms with E-state index in [1.54, 1.807) is 24.3 Å². The molecule has 3 aromatic carbocycles. The number of para-hydroxylation sites is 2. The van der Waals surface area contributed by atoms with Gasteiger partial charge >= 0.3 is 0 Å². The molecule has 0 saturated carbocycles. The van der Waals surface area contributed by atoms with Crippen LogP contribution in [0, 0.1) is 5.82 Å². The maximum atomic E-state index is 14.8. The van der Waals surface area contributed by atoms with Crippen LogP contribution in [0.4, 0.5) is 10.1 Å². The summed E-state index contributed by atoms with van der Waals surface area (Å²) in [5.41, 5.74) is 1.18. The third-order valence-electron chi connectivity index (χ3n) is 6.15. The van der Waals surface area contributed by atoms with Crippen molar-refractivity contribution in [1.29, 1.82) is 0 Å². The number of carbonyl (C=O) groups excluding carboxylic acids is 2. The van der Waals surface area contributed by atoms with Gasteiger partial charge in [-0.3, -0.25) is 13.9 Å². The lowest BCUT2D eigenvalue weighted by molar-refractivity contribution is -0.140. The van der Waals surface area contributed by atoms with Crippen molar-refractivity contribution >= 4 is 27.5 Å². The molecule has 0 bridgehead atoms. The summed E-state index contributed by atoms with van der Waals surface area (Å²) in [6.45, 7) is 1.46. The number of methoxy groups -OCH3 is 1. The lowest BCUT2D eigenvalue weighted by Crippen LogP contribution is -2.53. The van der Waals surface area contributed by atoms with Gasteiger partial charge in [0.2, 0.25) is 21.8 Å². The second-order valence-electron chi connectivity index (χ2n) is 9.05. The molecule has 0 heterocycles. The average molecular weight is 556 g/mol. The number of halogens is 1. The fourth-order valence-electron chi connectivity index (χ4n) is 4.16. The molecule has 0 saturated heterocycles. The molecule has 208 valence electrons. The highest BCUT2D eigenvalue weighted by atomic mass is 32.2. The number of hydrogen-bond acceptors (Lipinski definition) is 5. The Bertz CT molecular complexity index is 1370. The molecule has 0 fully saturated rings.